The summed E-state index contributed by atoms with van der Waals surface area (Å²) in [4.78, 5) is 29.9. The number of nitrogens with zero attached hydrogens (tertiary/aromatic N) is 3. The number of rotatable bonds is 2. The third kappa shape index (κ3) is 3.57. The van der Waals surface area contributed by atoms with E-state index in [9.17, 15) is 18.4 Å². The fourth-order valence-electron chi connectivity index (χ4n) is 5.30. The van der Waals surface area contributed by atoms with Gasteiger partial charge in [0.15, 0.2) is 5.60 Å². The molecule has 0 radical (unpaired) electrons. The zero-order valence-corrected chi connectivity index (χ0v) is 18.2. The number of amides is 2. The second-order valence-corrected chi connectivity index (χ2v) is 9.01. The Kier molecular flexibility index (Phi) is 5.17. The maximum Gasteiger partial charge on any atom is 0.257 e. The number of benzene rings is 2. The molecule has 3 heterocycles. The highest BCUT2D eigenvalue weighted by atomic mass is 19.1. The molecule has 170 valence electrons. The average Bonchev–Trinajstić information content (AvgIpc) is 3.31. The minimum atomic E-state index is -1.02. The van der Waals surface area contributed by atoms with Gasteiger partial charge in [0.05, 0.1) is 17.7 Å². The number of halogens is 2. The molecule has 2 amide bonds. The number of ether oxygens (including phenoxy) is 1. The first kappa shape index (κ1) is 21.5. The highest BCUT2D eigenvalue weighted by molar-refractivity contribution is 5.96. The molecule has 33 heavy (non-hydrogen) atoms. The van der Waals surface area contributed by atoms with E-state index in [1.807, 2.05) is 6.92 Å². The van der Waals surface area contributed by atoms with Crippen LogP contribution in [0.1, 0.15) is 58.8 Å². The first-order valence-corrected chi connectivity index (χ1v) is 11.1. The van der Waals surface area contributed by atoms with Crippen LogP contribution in [-0.2, 0) is 9.53 Å². The SMILES string of the molecule is Cc1ccc(C#N)cc1C(=O)N1CCC2(CC1)O[C@@H]1CC[C@@H](c3cc(F)cc(F)c3)N1C2=O. The highest BCUT2D eigenvalue weighted by Gasteiger charge is 2.58. The fraction of sp³-hybridized carbons (Fsp3) is 0.400. The lowest BCUT2D eigenvalue weighted by Gasteiger charge is -2.37. The molecule has 5 rings (SSSR count). The minimum absolute atomic E-state index is 0.168. The van der Waals surface area contributed by atoms with Gasteiger partial charge in [-0.1, -0.05) is 6.07 Å². The zero-order valence-electron chi connectivity index (χ0n) is 18.2. The van der Waals surface area contributed by atoms with E-state index in [0.29, 0.717) is 55.5 Å². The van der Waals surface area contributed by atoms with Crippen molar-refractivity contribution < 1.29 is 23.1 Å². The Hall–Kier alpha value is -3.31. The molecule has 3 aliphatic rings. The molecule has 3 saturated heterocycles. The smallest absolute Gasteiger partial charge is 0.257 e. The van der Waals surface area contributed by atoms with E-state index in [1.165, 1.54) is 12.1 Å². The maximum absolute atomic E-state index is 13.8. The number of aryl methyl sites for hydroxylation is 1. The number of fused-ring (bicyclic) bond motifs is 1. The molecule has 6 nitrogen and oxygen atoms in total. The molecule has 0 aliphatic carbocycles. The van der Waals surface area contributed by atoms with Gasteiger partial charge in [-0.05, 0) is 55.2 Å². The van der Waals surface area contributed by atoms with Crippen molar-refractivity contribution >= 4 is 11.8 Å². The second kappa shape index (κ2) is 7.92. The van der Waals surface area contributed by atoms with Crippen LogP contribution in [0, 0.1) is 29.9 Å². The van der Waals surface area contributed by atoms with E-state index in [1.54, 1.807) is 28.0 Å². The van der Waals surface area contributed by atoms with Crippen molar-refractivity contribution in [1.29, 1.82) is 5.26 Å². The fourth-order valence-corrected chi connectivity index (χ4v) is 5.30. The molecule has 8 heteroatoms. The molecule has 3 fully saturated rings. The third-order valence-electron chi connectivity index (χ3n) is 7.04. The van der Waals surface area contributed by atoms with Crippen molar-refractivity contribution in [3.63, 3.8) is 0 Å². The number of likely N-dealkylation sites (tertiary alicyclic amines) is 1. The van der Waals surface area contributed by atoms with Crippen LogP contribution in [0.25, 0.3) is 0 Å². The molecule has 0 saturated carbocycles. The molecule has 3 aliphatic heterocycles. The lowest BCUT2D eigenvalue weighted by Crippen LogP contribution is -2.51. The predicted molar refractivity (Wildman–Crippen MR) is 114 cm³/mol. The van der Waals surface area contributed by atoms with Crippen LogP contribution < -0.4 is 0 Å². The minimum Gasteiger partial charge on any atom is -0.342 e. The van der Waals surface area contributed by atoms with Crippen LogP contribution in [0.3, 0.4) is 0 Å². The van der Waals surface area contributed by atoms with Crippen LogP contribution in [0.15, 0.2) is 36.4 Å². The number of piperidine rings is 1. The lowest BCUT2D eigenvalue weighted by atomic mass is 9.89. The summed E-state index contributed by atoms with van der Waals surface area (Å²) in [7, 11) is 0. The van der Waals surface area contributed by atoms with Gasteiger partial charge in [-0.25, -0.2) is 8.78 Å². The molecule has 0 N–H and O–H groups in total. The van der Waals surface area contributed by atoms with Crippen LogP contribution in [-0.4, -0.2) is 46.5 Å². The summed E-state index contributed by atoms with van der Waals surface area (Å²) in [5.74, 6) is -1.68. The second-order valence-electron chi connectivity index (χ2n) is 9.01. The Labute approximate surface area is 190 Å². The summed E-state index contributed by atoms with van der Waals surface area (Å²) >= 11 is 0. The predicted octanol–water partition coefficient (Wildman–Crippen LogP) is 3.84. The number of nitriles is 1. The average molecular weight is 451 g/mol. The summed E-state index contributed by atoms with van der Waals surface area (Å²) in [6.45, 7) is 2.52. The number of carbonyl (C=O) groups is 2. The van der Waals surface area contributed by atoms with E-state index in [0.717, 1.165) is 11.6 Å². The molecule has 2 atom stereocenters. The summed E-state index contributed by atoms with van der Waals surface area (Å²) in [5.41, 5.74) is 1.11. The number of hydrogen-bond donors (Lipinski definition) is 0. The van der Waals surface area contributed by atoms with E-state index in [-0.39, 0.29) is 11.8 Å². The standard InChI is InChI=1S/C25H23F2N3O3/c1-15-2-3-16(14-28)10-20(15)23(31)29-8-6-25(7-9-29)24(32)30-21(4-5-22(30)33-25)17-11-18(26)13-19(27)12-17/h2-3,10-13,21-22H,4-9H2,1H3/t21-,22+/m0/s1. The molecular weight excluding hydrogens is 428 g/mol. The van der Waals surface area contributed by atoms with E-state index >= 15 is 0 Å². The summed E-state index contributed by atoms with van der Waals surface area (Å²) in [6, 6.07) is 10.0. The van der Waals surface area contributed by atoms with Crippen LogP contribution in [0.5, 0.6) is 0 Å². The van der Waals surface area contributed by atoms with Crippen molar-refractivity contribution in [2.75, 3.05) is 13.1 Å². The molecule has 2 aromatic carbocycles. The highest BCUT2D eigenvalue weighted by Crippen LogP contribution is 2.47. The van der Waals surface area contributed by atoms with Gasteiger partial charge in [-0.3, -0.25) is 9.59 Å². The molecule has 2 aromatic rings. The van der Waals surface area contributed by atoms with Crippen LogP contribution in [0.4, 0.5) is 8.78 Å². The number of hydrogen-bond acceptors (Lipinski definition) is 4. The Morgan fingerprint density at radius 1 is 1.12 bits per heavy atom. The Morgan fingerprint density at radius 2 is 1.82 bits per heavy atom. The van der Waals surface area contributed by atoms with Crippen molar-refractivity contribution in [1.82, 2.24) is 9.80 Å². The topological polar surface area (TPSA) is 73.6 Å². The molecular formula is C25H23F2N3O3. The van der Waals surface area contributed by atoms with Crippen molar-refractivity contribution in [3.8, 4) is 6.07 Å². The van der Waals surface area contributed by atoms with E-state index in [2.05, 4.69) is 6.07 Å². The molecule has 0 aromatic heterocycles. The van der Waals surface area contributed by atoms with Crippen LogP contribution in [0.2, 0.25) is 0 Å². The van der Waals surface area contributed by atoms with Gasteiger partial charge in [0.1, 0.15) is 17.9 Å². The molecule has 0 unspecified atom stereocenters. The molecule has 0 bridgehead atoms. The van der Waals surface area contributed by atoms with Gasteiger partial charge in [0.25, 0.3) is 11.8 Å². The summed E-state index contributed by atoms with van der Waals surface area (Å²) in [6.07, 6.45) is 1.45. The maximum atomic E-state index is 13.8. The van der Waals surface area contributed by atoms with Gasteiger partial charge in [-0.15, -0.1) is 0 Å². The van der Waals surface area contributed by atoms with Crippen molar-refractivity contribution in [2.24, 2.45) is 0 Å². The van der Waals surface area contributed by atoms with Crippen molar-refractivity contribution in [2.45, 2.75) is 50.5 Å². The Morgan fingerprint density at radius 3 is 2.48 bits per heavy atom. The van der Waals surface area contributed by atoms with Gasteiger partial charge in [0, 0.05) is 37.6 Å². The first-order valence-electron chi connectivity index (χ1n) is 11.1. The van der Waals surface area contributed by atoms with Crippen molar-refractivity contribution in [3.05, 3.63) is 70.3 Å². The Bertz CT molecular complexity index is 1160. The molecule has 1 spiro atoms. The quantitative estimate of drug-likeness (QED) is 0.696. The van der Waals surface area contributed by atoms with Gasteiger partial charge < -0.3 is 14.5 Å². The lowest BCUT2D eigenvalue weighted by molar-refractivity contribution is -0.142. The summed E-state index contributed by atoms with van der Waals surface area (Å²) < 4.78 is 33.8. The largest absolute Gasteiger partial charge is 0.342 e. The first-order chi connectivity index (χ1) is 15.8. The van der Waals surface area contributed by atoms with Gasteiger partial charge >= 0.3 is 0 Å². The van der Waals surface area contributed by atoms with Crippen LogP contribution >= 0.6 is 0 Å². The normalized spacial score (nSPS) is 23.6. The van der Waals surface area contributed by atoms with Gasteiger partial charge in [0.2, 0.25) is 0 Å². The zero-order chi connectivity index (χ0) is 23.3. The monoisotopic (exact) mass is 451 g/mol. The Balaban J connectivity index is 1.32. The van der Waals surface area contributed by atoms with Gasteiger partial charge in [-0.2, -0.15) is 5.26 Å². The van der Waals surface area contributed by atoms with E-state index < -0.39 is 29.5 Å². The third-order valence-corrected chi connectivity index (χ3v) is 7.04. The van der Waals surface area contributed by atoms with E-state index in [4.69, 9.17) is 10.00 Å². The number of carbonyl (C=O) groups excluding carboxylic acids is 2. The summed E-state index contributed by atoms with van der Waals surface area (Å²) in [5, 5.41) is 9.15.